The Morgan fingerprint density at radius 2 is 1.49 bits per heavy atom. The van der Waals surface area contributed by atoms with Crippen LogP contribution in [0.4, 0.5) is 5.69 Å². The summed E-state index contributed by atoms with van der Waals surface area (Å²) in [5.74, 6) is -0.789. The SMILES string of the molecule is Cc1ccc(N(CC(=O)N(Cc2ccccc2C)C(C)C(=O)NC(C)(C)C)S(=O)(=O)c2ccccc2)c(C)c1. The Bertz CT molecular complexity index is 1430. The number of benzene rings is 3. The lowest BCUT2D eigenvalue weighted by Gasteiger charge is -2.34. The molecule has 3 aromatic rings. The van der Waals surface area contributed by atoms with Crippen LogP contribution >= 0.6 is 0 Å². The molecule has 0 saturated carbocycles. The number of anilines is 1. The molecule has 3 rings (SSSR count). The van der Waals surface area contributed by atoms with Crippen molar-refractivity contribution in [3.63, 3.8) is 0 Å². The minimum atomic E-state index is -4.09. The first-order valence-corrected chi connectivity index (χ1v) is 14.5. The van der Waals surface area contributed by atoms with E-state index in [4.69, 9.17) is 0 Å². The highest BCUT2D eigenvalue weighted by molar-refractivity contribution is 7.92. The van der Waals surface area contributed by atoms with E-state index in [1.165, 1.54) is 17.0 Å². The molecule has 1 N–H and O–H groups in total. The van der Waals surface area contributed by atoms with Crippen LogP contribution in [0.5, 0.6) is 0 Å². The molecule has 1 unspecified atom stereocenters. The molecule has 0 bridgehead atoms. The van der Waals surface area contributed by atoms with Gasteiger partial charge in [-0.25, -0.2) is 8.42 Å². The first-order chi connectivity index (χ1) is 18.2. The second-order valence-electron chi connectivity index (χ2n) is 11.0. The summed E-state index contributed by atoms with van der Waals surface area (Å²) in [6.07, 6.45) is 0. The van der Waals surface area contributed by atoms with E-state index in [-0.39, 0.29) is 17.3 Å². The third kappa shape index (κ3) is 7.47. The standard InChI is InChI=1S/C31H39N3O4S/c1-22-17-18-28(24(3)19-22)34(39(37,38)27-15-9-8-10-16-27)21-29(35)33(20-26-14-12-11-13-23(26)2)25(4)30(36)32-31(5,6)7/h8-19,25H,20-21H2,1-7H3,(H,32,36). The normalized spacial score (nSPS) is 12.5. The zero-order valence-electron chi connectivity index (χ0n) is 23.9. The summed E-state index contributed by atoms with van der Waals surface area (Å²) in [5, 5.41) is 2.95. The third-order valence-corrected chi connectivity index (χ3v) is 8.27. The Kier molecular flexibility index (Phi) is 9.22. The highest BCUT2D eigenvalue weighted by Crippen LogP contribution is 2.28. The van der Waals surface area contributed by atoms with Crippen LogP contribution < -0.4 is 9.62 Å². The largest absolute Gasteiger partial charge is 0.350 e. The monoisotopic (exact) mass is 549 g/mol. The van der Waals surface area contributed by atoms with E-state index < -0.39 is 34.1 Å². The van der Waals surface area contributed by atoms with Crippen molar-refractivity contribution in [1.29, 1.82) is 0 Å². The van der Waals surface area contributed by atoms with Crippen molar-refractivity contribution in [2.75, 3.05) is 10.8 Å². The van der Waals surface area contributed by atoms with Gasteiger partial charge in [-0.2, -0.15) is 0 Å². The van der Waals surface area contributed by atoms with Crippen LogP contribution in [-0.2, 0) is 26.2 Å². The fourth-order valence-electron chi connectivity index (χ4n) is 4.35. The third-order valence-electron chi connectivity index (χ3n) is 6.50. The van der Waals surface area contributed by atoms with E-state index in [9.17, 15) is 18.0 Å². The number of hydrogen-bond donors (Lipinski definition) is 1. The topological polar surface area (TPSA) is 86.8 Å². The summed E-state index contributed by atoms with van der Waals surface area (Å²) in [6.45, 7) is 12.7. The minimum Gasteiger partial charge on any atom is -0.350 e. The number of hydrogen-bond acceptors (Lipinski definition) is 4. The molecule has 0 aliphatic rings. The summed E-state index contributed by atoms with van der Waals surface area (Å²) >= 11 is 0. The number of aryl methyl sites for hydroxylation is 3. The van der Waals surface area contributed by atoms with Gasteiger partial charge < -0.3 is 10.2 Å². The Morgan fingerprint density at radius 1 is 0.872 bits per heavy atom. The van der Waals surface area contributed by atoms with Gasteiger partial charge in [0.2, 0.25) is 11.8 Å². The van der Waals surface area contributed by atoms with Crippen molar-refractivity contribution in [2.45, 2.75) is 71.5 Å². The number of nitrogens with one attached hydrogen (secondary N) is 1. The lowest BCUT2D eigenvalue weighted by Crippen LogP contribution is -2.54. The fourth-order valence-corrected chi connectivity index (χ4v) is 5.85. The molecule has 208 valence electrons. The Morgan fingerprint density at radius 3 is 2.08 bits per heavy atom. The van der Waals surface area contributed by atoms with Crippen LogP contribution in [0, 0.1) is 20.8 Å². The van der Waals surface area contributed by atoms with Crippen LogP contribution in [-0.4, -0.2) is 43.3 Å². The van der Waals surface area contributed by atoms with Gasteiger partial charge in [-0.05, 0) is 83.4 Å². The van der Waals surface area contributed by atoms with Crippen LogP contribution in [0.2, 0.25) is 0 Å². The molecule has 0 aromatic heterocycles. The van der Waals surface area contributed by atoms with Crippen LogP contribution in [0.1, 0.15) is 49.9 Å². The van der Waals surface area contributed by atoms with Gasteiger partial charge in [0.25, 0.3) is 10.0 Å². The molecule has 0 radical (unpaired) electrons. The van der Waals surface area contributed by atoms with Gasteiger partial charge in [-0.15, -0.1) is 0 Å². The van der Waals surface area contributed by atoms with E-state index in [2.05, 4.69) is 5.32 Å². The number of rotatable bonds is 9. The quantitative estimate of drug-likeness (QED) is 0.401. The highest BCUT2D eigenvalue weighted by Gasteiger charge is 2.34. The fraction of sp³-hybridized carbons (Fsp3) is 0.355. The highest BCUT2D eigenvalue weighted by atomic mass is 32.2. The number of carbonyl (C=O) groups excluding carboxylic acids is 2. The second-order valence-corrected chi connectivity index (χ2v) is 12.8. The smallest absolute Gasteiger partial charge is 0.264 e. The molecule has 7 nitrogen and oxygen atoms in total. The summed E-state index contributed by atoms with van der Waals surface area (Å²) in [7, 11) is -4.09. The summed E-state index contributed by atoms with van der Waals surface area (Å²) < 4.78 is 29.0. The second kappa shape index (κ2) is 12.0. The molecular formula is C31H39N3O4S. The zero-order chi connectivity index (χ0) is 29.0. The molecule has 0 heterocycles. The van der Waals surface area contributed by atoms with Crippen molar-refractivity contribution in [2.24, 2.45) is 0 Å². The van der Waals surface area contributed by atoms with Gasteiger partial charge in [0, 0.05) is 12.1 Å². The predicted octanol–water partition coefficient (Wildman–Crippen LogP) is 5.14. The van der Waals surface area contributed by atoms with E-state index in [1.54, 1.807) is 31.2 Å². The molecule has 3 aromatic carbocycles. The molecule has 1 atom stereocenters. The number of carbonyl (C=O) groups is 2. The molecule has 2 amide bonds. The maximum Gasteiger partial charge on any atom is 0.264 e. The van der Waals surface area contributed by atoms with E-state index in [0.717, 1.165) is 26.6 Å². The maximum absolute atomic E-state index is 14.1. The van der Waals surface area contributed by atoms with Crippen molar-refractivity contribution < 1.29 is 18.0 Å². The number of nitrogens with zero attached hydrogens (tertiary/aromatic N) is 2. The van der Waals surface area contributed by atoms with Gasteiger partial charge in [-0.3, -0.25) is 13.9 Å². The molecule has 0 aliphatic heterocycles. The van der Waals surface area contributed by atoms with Crippen molar-refractivity contribution in [3.8, 4) is 0 Å². The molecule has 0 fully saturated rings. The lowest BCUT2D eigenvalue weighted by molar-refractivity contribution is -0.140. The van der Waals surface area contributed by atoms with Crippen molar-refractivity contribution >= 4 is 27.5 Å². The Balaban J connectivity index is 2.07. The van der Waals surface area contributed by atoms with Crippen molar-refractivity contribution in [3.05, 3.63) is 95.1 Å². The molecule has 0 spiro atoms. The van der Waals surface area contributed by atoms with Gasteiger partial charge in [-0.1, -0.05) is 60.2 Å². The predicted molar refractivity (Wildman–Crippen MR) is 156 cm³/mol. The first kappa shape index (κ1) is 29.9. The zero-order valence-corrected chi connectivity index (χ0v) is 24.7. The minimum absolute atomic E-state index is 0.0850. The van der Waals surface area contributed by atoms with Gasteiger partial charge in [0.05, 0.1) is 10.6 Å². The average molecular weight is 550 g/mol. The van der Waals surface area contributed by atoms with E-state index >= 15 is 0 Å². The summed E-state index contributed by atoms with van der Waals surface area (Å²) in [5.41, 5.74) is 3.48. The van der Waals surface area contributed by atoms with Gasteiger partial charge in [0.15, 0.2) is 0 Å². The molecule has 0 saturated heterocycles. The Labute approximate surface area is 232 Å². The molecule has 39 heavy (non-hydrogen) atoms. The number of sulfonamides is 1. The van der Waals surface area contributed by atoms with Crippen molar-refractivity contribution in [1.82, 2.24) is 10.2 Å². The van der Waals surface area contributed by atoms with E-state index in [0.29, 0.717) is 5.69 Å². The average Bonchev–Trinajstić information content (AvgIpc) is 2.86. The van der Waals surface area contributed by atoms with Crippen LogP contribution in [0.25, 0.3) is 0 Å². The molecule has 8 heteroatoms. The number of amides is 2. The maximum atomic E-state index is 14.1. The van der Waals surface area contributed by atoms with Gasteiger partial charge >= 0.3 is 0 Å². The first-order valence-electron chi connectivity index (χ1n) is 13.0. The molecular weight excluding hydrogens is 510 g/mol. The lowest BCUT2D eigenvalue weighted by atomic mass is 10.1. The van der Waals surface area contributed by atoms with Crippen LogP contribution in [0.3, 0.4) is 0 Å². The summed E-state index contributed by atoms with van der Waals surface area (Å²) in [4.78, 5) is 28.8. The summed E-state index contributed by atoms with van der Waals surface area (Å²) in [6, 6.07) is 20.3. The Hall–Kier alpha value is -3.65. The van der Waals surface area contributed by atoms with Gasteiger partial charge in [0.1, 0.15) is 12.6 Å². The van der Waals surface area contributed by atoms with Crippen LogP contribution in [0.15, 0.2) is 77.7 Å². The molecule has 0 aliphatic carbocycles. The van der Waals surface area contributed by atoms with E-state index in [1.807, 2.05) is 77.9 Å².